The number of hydrogen-bond acceptors (Lipinski definition) is 7. The highest BCUT2D eigenvalue weighted by atomic mass is 32.1. The highest BCUT2D eigenvalue weighted by Gasteiger charge is 2.28. The molecular weight excluding hydrogens is 282 g/mol. The lowest BCUT2D eigenvalue weighted by Gasteiger charge is -2.04. The molecule has 1 amide bonds. The molecule has 3 rings (SSSR count). The largest absolute Gasteiger partial charge is 0.465 e. The SMILES string of the molecule is COC(=O)c1c(NC(=O)c2nn[nH]n2)sc2c1CCC2. The zero-order valence-corrected chi connectivity index (χ0v) is 11.4. The van der Waals surface area contributed by atoms with Crippen LogP contribution in [0.2, 0.25) is 0 Å². The maximum absolute atomic E-state index is 11.9. The van der Waals surface area contributed by atoms with Crippen LogP contribution in [0.25, 0.3) is 0 Å². The summed E-state index contributed by atoms with van der Waals surface area (Å²) in [6.07, 6.45) is 2.76. The van der Waals surface area contributed by atoms with Crippen LogP contribution in [0.3, 0.4) is 0 Å². The van der Waals surface area contributed by atoms with E-state index in [2.05, 4.69) is 25.9 Å². The van der Waals surface area contributed by atoms with Crippen molar-refractivity contribution in [2.75, 3.05) is 12.4 Å². The van der Waals surface area contributed by atoms with E-state index in [-0.39, 0.29) is 5.82 Å². The molecule has 0 atom stereocenters. The second kappa shape index (κ2) is 5.00. The molecule has 2 aromatic rings. The second-order valence-corrected chi connectivity index (χ2v) is 5.35. The molecule has 0 saturated heterocycles. The minimum Gasteiger partial charge on any atom is -0.465 e. The molecule has 0 unspecified atom stereocenters. The number of methoxy groups -OCH3 is 1. The Morgan fingerprint density at radius 2 is 2.25 bits per heavy atom. The van der Waals surface area contributed by atoms with Crippen molar-refractivity contribution in [1.29, 1.82) is 0 Å². The first-order valence-electron chi connectivity index (χ1n) is 5.98. The summed E-state index contributed by atoms with van der Waals surface area (Å²) in [5.74, 6) is -1.02. The van der Waals surface area contributed by atoms with Gasteiger partial charge in [-0.25, -0.2) is 4.79 Å². The predicted molar refractivity (Wildman–Crippen MR) is 69.8 cm³/mol. The van der Waals surface area contributed by atoms with E-state index in [9.17, 15) is 9.59 Å². The van der Waals surface area contributed by atoms with Gasteiger partial charge in [-0.15, -0.1) is 21.5 Å². The van der Waals surface area contributed by atoms with E-state index < -0.39 is 11.9 Å². The summed E-state index contributed by atoms with van der Waals surface area (Å²) in [4.78, 5) is 24.9. The summed E-state index contributed by atoms with van der Waals surface area (Å²) >= 11 is 1.40. The zero-order chi connectivity index (χ0) is 14.1. The molecule has 0 saturated carbocycles. The number of fused-ring (bicyclic) bond motifs is 1. The molecule has 8 nitrogen and oxygen atoms in total. The minimum atomic E-state index is -0.510. The number of tetrazole rings is 1. The van der Waals surface area contributed by atoms with E-state index in [1.165, 1.54) is 18.4 Å². The number of aromatic amines is 1. The Kier molecular flexibility index (Phi) is 3.18. The van der Waals surface area contributed by atoms with Crippen molar-refractivity contribution in [2.45, 2.75) is 19.3 Å². The lowest BCUT2D eigenvalue weighted by Crippen LogP contribution is -2.16. The van der Waals surface area contributed by atoms with E-state index in [4.69, 9.17) is 4.74 Å². The normalized spacial score (nSPS) is 13.1. The van der Waals surface area contributed by atoms with Gasteiger partial charge in [0.05, 0.1) is 12.7 Å². The molecule has 0 spiro atoms. The van der Waals surface area contributed by atoms with E-state index in [1.807, 2.05) is 0 Å². The van der Waals surface area contributed by atoms with Crippen molar-refractivity contribution >= 4 is 28.2 Å². The number of H-pyrrole nitrogens is 1. The van der Waals surface area contributed by atoms with Crippen molar-refractivity contribution in [3.63, 3.8) is 0 Å². The van der Waals surface area contributed by atoms with Gasteiger partial charge in [0.2, 0.25) is 0 Å². The maximum Gasteiger partial charge on any atom is 0.341 e. The van der Waals surface area contributed by atoms with Crippen LogP contribution in [-0.4, -0.2) is 39.6 Å². The Hall–Kier alpha value is -2.29. The molecule has 0 aliphatic heterocycles. The highest BCUT2D eigenvalue weighted by Crippen LogP contribution is 2.39. The van der Waals surface area contributed by atoms with Crippen molar-refractivity contribution < 1.29 is 14.3 Å². The van der Waals surface area contributed by atoms with Gasteiger partial charge in [0.15, 0.2) is 0 Å². The van der Waals surface area contributed by atoms with Crippen LogP contribution in [0.15, 0.2) is 0 Å². The molecule has 0 radical (unpaired) electrons. The first-order chi connectivity index (χ1) is 9.70. The van der Waals surface area contributed by atoms with Gasteiger partial charge in [0.25, 0.3) is 11.7 Å². The number of aryl methyl sites for hydroxylation is 1. The molecular formula is C11H11N5O3S. The Bertz CT molecular complexity index is 664. The number of carbonyl (C=O) groups is 2. The third-order valence-electron chi connectivity index (χ3n) is 3.09. The number of anilines is 1. The average Bonchev–Trinajstić information content (AvgIpc) is 3.13. The fourth-order valence-electron chi connectivity index (χ4n) is 2.23. The number of hydrogen-bond donors (Lipinski definition) is 2. The van der Waals surface area contributed by atoms with Crippen LogP contribution in [0.4, 0.5) is 5.00 Å². The molecule has 1 aliphatic rings. The average molecular weight is 293 g/mol. The molecule has 104 valence electrons. The van der Waals surface area contributed by atoms with Crippen molar-refractivity contribution in [1.82, 2.24) is 20.6 Å². The van der Waals surface area contributed by atoms with Crippen molar-refractivity contribution in [3.8, 4) is 0 Å². The zero-order valence-electron chi connectivity index (χ0n) is 10.6. The molecule has 1 aliphatic carbocycles. The Morgan fingerprint density at radius 1 is 1.40 bits per heavy atom. The number of carbonyl (C=O) groups excluding carboxylic acids is 2. The lowest BCUT2D eigenvalue weighted by molar-refractivity contribution is 0.0601. The standard InChI is InChI=1S/C11H11N5O3S/c1-19-11(18)7-5-3-2-4-6(5)20-10(7)12-9(17)8-13-15-16-14-8/h2-4H2,1H3,(H,12,17)(H,13,14,15,16). The topological polar surface area (TPSA) is 110 Å². The van der Waals surface area contributed by atoms with Gasteiger partial charge in [0.1, 0.15) is 5.00 Å². The van der Waals surface area contributed by atoms with Crippen LogP contribution in [0.5, 0.6) is 0 Å². The number of esters is 1. The molecule has 2 N–H and O–H groups in total. The Labute approximate surface area is 117 Å². The molecule has 9 heteroatoms. The summed E-state index contributed by atoms with van der Waals surface area (Å²) in [6.45, 7) is 0. The van der Waals surface area contributed by atoms with E-state index >= 15 is 0 Å². The Balaban J connectivity index is 1.93. The number of amides is 1. The van der Waals surface area contributed by atoms with Gasteiger partial charge in [-0.3, -0.25) is 4.79 Å². The van der Waals surface area contributed by atoms with Gasteiger partial charge in [-0.05, 0) is 30.0 Å². The lowest BCUT2D eigenvalue weighted by atomic mass is 10.1. The molecule has 0 fully saturated rings. The fraction of sp³-hybridized carbons (Fsp3) is 0.364. The number of thiophene rings is 1. The summed E-state index contributed by atoms with van der Waals surface area (Å²) in [5.41, 5.74) is 1.42. The number of aromatic nitrogens is 4. The first kappa shape index (κ1) is 12.7. The van der Waals surface area contributed by atoms with Crippen LogP contribution in [0.1, 0.15) is 37.8 Å². The molecule has 0 aromatic carbocycles. The number of nitrogens with zero attached hydrogens (tertiary/aromatic N) is 3. The summed E-state index contributed by atoms with van der Waals surface area (Å²) in [6, 6.07) is 0. The second-order valence-electron chi connectivity index (χ2n) is 4.24. The number of rotatable bonds is 3. The van der Waals surface area contributed by atoms with Gasteiger partial charge in [0, 0.05) is 4.88 Å². The van der Waals surface area contributed by atoms with Crippen molar-refractivity contribution in [3.05, 3.63) is 21.8 Å². The van der Waals surface area contributed by atoms with Crippen molar-refractivity contribution in [2.24, 2.45) is 0 Å². The van der Waals surface area contributed by atoms with Crippen LogP contribution < -0.4 is 5.32 Å². The van der Waals surface area contributed by atoms with Gasteiger partial charge < -0.3 is 10.1 Å². The van der Waals surface area contributed by atoms with Gasteiger partial charge in [-0.2, -0.15) is 5.21 Å². The van der Waals surface area contributed by atoms with Crippen LogP contribution in [0, 0.1) is 0 Å². The first-order valence-corrected chi connectivity index (χ1v) is 6.80. The third kappa shape index (κ3) is 2.05. The number of nitrogens with one attached hydrogen (secondary N) is 2. The smallest absolute Gasteiger partial charge is 0.341 e. The summed E-state index contributed by atoms with van der Waals surface area (Å²) in [5, 5.41) is 15.9. The third-order valence-corrected chi connectivity index (χ3v) is 4.29. The van der Waals surface area contributed by atoms with Gasteiger partial charge >= 0.3 is 5.97 Å². The summed E-state index contributed by atoms with van der Waals surface area (Å²) < 4.78 is 4.80. The summed E-state index contributed by atoms with van der Waals surface area (Å²) in [7, 11) is 1.33. The molecule has 0 bridgehead atoms. The van der Waals surface area contributed by atoms with Gasteiger partial charge in [-0.1, -0.05) is 0 Å². The van der Waals surface area contributed by atoms with E-state index in [0.29, 0.717) is 10.6 Å². The van der Waals surface area contributed by atoms with Crippen LogP contribution >= 0.6 is 11.3 Å². The van der Waals surface area contributed by atoms with E-state index in [0.717, 1.165) is 29.7 Å². The molecule has 2 heterocycles. The fourth-order valence-corrected chi connectivity index (χ4v) is 3.50. The Morgan fingerprint density at radius 3 is 2.95 bits per heavy atom. The minimum absolute atomic E-state index is 0.0747. The van der Waals surface area contributed by atoms with E-state index in [1.54, 1.807) is 0 Å². The monoisotopic (exact) mass is 293 g/mol. The number of ether oxygens (including phenoxy) is 1. The highest BCUT2D eigenvalue weighted by molar-refractivity contribution is 7.17. The molecule has 20 heavy (non-hydrogen) atoms. The van der Waals surface area contributed by atoms with Crippen LogP contribution in [-0.2, 0) is 17.6 Å². The maximum atomic E-state index is 11.9. The molecule has 2 aromatic heterocycles. The predicted octanol–water partition coefficient (Wildman–Crippen LogP) is 0.789. The quantitative estimate of drug-likeness (QED) is 0.809.